The van der Waals surface area contributed by atoms with E-state index in [0.29, 0.717) is 10.3 Å². The molecule has 0 radical (unpaired) electrons. The third-order valence-electron chi connectivity index (χ3n) is 3.58. The van der Waals surface area contributed by atoms with Gasteiger partial charge in [0.05, 0.1) is 4.90 Å². The van der Waals surface area contributed by atoms with Gasteiger partial charge in [-0.05, 0) is 55.5 Å². The van der Waals surface area contributed by atoms with Crippen molar-refractivity contribution in [2.24, 2.45) is 11.1 Å². The van der Waals surface area contributed by atoms with Gasteiger partial charge in [0.1, 0.15) is 0 Å². The molecule has 1 aliphatic carbocycles. The normalized spacial score (nSPS) is 17.4. The Hall–Kier alpha value is -1.07. The molecule has 18 heavy (non-hydrogen) atoms. The van der Waals surface area contributed by atoms with E-state index in [9.17, 15) is 8.42 Å². The zero-order valence-electron chi connectivity index (χ0n) is 10.6. The topological polar surface area (TPSA) is 72.2 Å². The fourth-order valence-corrected chi connectivity index (χ4v) is 2.74. The van der Waals surface area contributed by atoms with Crippen molar-refractivity contribution in [2.45, 2.75) is 24.2 Å². The van der Waals surface area contributed by atoms with Crippen molar-refractivity contribution in [2.75, 3.05) is 24.7 Å². The predicted octanol–water partition coefficient (Wildman–Crippen LogP) is 1.63. The lowest BCUT2D eigenvalue weighted by Crippen LogP contribution is -2.19. The summed E-state index contributed by atoms with van der Waals surface area (Å²) in [5, 5.41) is 3.36. The lowest BCUT2D eigenvalue weighted by atomic mass is 10.0. The molecule has 1 saturated carbocycles. The van der Waals surface area contributed by atoms with Crippen LogP contribution in [0.1, 0.15) is 19.3 Å². The van der Waals surface area contributed by atoms with Gasteiger partial charge >= 0.3 is 0 Å². The fourth-order valence-electron chi connectivity index (χ4n) is 2.11. The van der Waals surface area contributed by atoms with E-state index in [1.54, 1.807) is 12.1 Å². The van der Waals surface area contributed by atoms with E-state index in [1.165, 1.54) is 19.1 Å². The van der Waals surface area contributed by atoms with E-state index in [-0.39, 0.29) is 0 Å². The van der Waals surface area contributed by atoms with Crippen LogP contribution in [0.5, 0.6) is 0 Å². The maximum Gasteiger partial charge on any atom is 0.175 e. The summed E-state index contributed by atoms with van der Waals surface area (Å²) in [6.45, 7) is 1.65. The Kier molecular flexibility index (Phi) is 3.64. The fraction of sp³-hybridized carbons (Fsp3) is 0.538. The number of rotatable bonds is 6. The number of nitrogens with two attached hydrogens (primary N) is 1. The molecule has 0 heterocycles. The van der Waals surface area contributed by atoms with E-state index in [2.05, 4.69) is 5.32 Å². The molecule has 1 aliphatic rings. The largest absolute Gasteiger partial charge is 0.384 e. The van der Waals surface area contributed by atoms with Crippen LogP contribution < -0.4 is 11.1 Å². The van der Waals surface area contributed by atoms with Crippen LogP contribution in [-0.4, -0.2) is 27.8 Å². The first kappa shape index (κ1) is 13.4. The van der Waals surface area contributed by atoms with Crippen LogP contribution >= 0.6 is 0 Å². The number of sulfone groups is 1. The summed E-state index contributed by atoms with van der Waals surface area (Å²) in [7, 11) is -3.10. The number of nitrogens with one attached hydrogen (secondary N) is 1. The highest BCUT2D eigenvalue weighted by Crippen LogP contribution is 2.48. The second-order valence-electron chi connectivity index (χ2n) is 5.19. The summed E-state index contributed by atoms with van der Waals surface area (Å²) in [4.78, 5) is 0.358. The average molecular weight is 268 g/mol. The Labute approximate surface area is 108 Å². The molecule has 100 valence electrons. The predicted molar refractivity (Wildman–Crippen MR) is 73.4 cm³/mol. The Morgan fingerprint density at radius 1 is 1.28 bits per heavy atom. The molecule has 0 aromatic heterocycles. The molecular formula is C13H20N2O2S. The van der Waals surface area contributed by atoms with Gasteiger partial charge in [0, 0.05) is 18.5 Å². The Morgan fingerprint density at radius 3 is 2.33 bits per heavy atom. The maximum atomic E-state index is 11.3. The molecule has 0 aliphatic heterocycles. The van der Waals surface area contributed by atoms with Crippen LogP contribution in [-0.2, 0) is 9.84 Å². The summed E-state index contributed by atoms with van der Waals surface area (Å²) in [5.74, 6) is 0. The van der Waals surface area contributed by atoms with E-state index in [0.717, 1.165) is 25.2 Å². The second-order valence-corrected chi connectivity index (χ2v) is 7.20. The van der Waals surface area contributed by atoms with Gasteiger partial charge in [0.25, 0.3) is 0 Å². The van der Waals surface area contributed by atoms with Gasteiger partial charge in [-0.15, -0.1) is 0 Å². The van der Waals surface area contributed by atoms with E-state index < -0.39 is 9.84 Å². The molecule has 0 unspecified atom stereocenters. The molecule has 5 heteroatoms. The summed E-state index contributed by atoms with van der Waals surface area (Å²) in [5.41, 5.74) is 6.94. The van der Waals surface area contributed by atoms with Crippen LogP contribution in [0.3, 0.4) is 0 Å². The summed E-state index contributed by atoms with van der Waals surface area (Å²) >= 11 is 0. The third kappa shape index (κ3) is 3.23. The zero-order valence-corrected chi connectivity index (χ0v) is 11.5. The number of hydrogen-bond donors (Lipinski definition) is 2. The van der Waals surface area contributed by atoms with Crippen LogP contribution in [0.4, 0.5) is 5.69 Å². The minimum atomic E-state index is -3.10. The minimum Gasteiger partial charge on any atom is -0.384 e. The van der Waals surface area contributed by atoms with Crippen molar-refractivity contribution in [1.82, 2.24) is 0 Å². The Morgan fingerprint density at radius 2 is 1.89 bits per heavy atom. The molecule has 0 atom stereocenters. The van der Waals surface area contributed by atoms with Crippen molar-refractivity contribution in [3.05, 3.63) is 24.3 Å². The van der Waals surface area contributed by atoms with Crippen molar-refractivity contribution < 1.29 is 8.42 Å². The molecule has 3 N–H and O–H groups in total. The van der Waals surface area contributed by atoms with E-state index >= 15 is 0 Å². The monoisotopic (exact) mass is 268 g/mol. The second kappa shape index (κ2) is 4.90. The van der Waals surface area contributed by atoms with E-state index in [1.807, 2.05) is 12.1 Å². The maximum absolute atomic E-state index is 11.3. The van der Waals surface area contributed by atoms with Gasteiger partial charge in [-0.3, -0.25) is 0 Å². The van der Waals surface area contributed by atoms with Gasteiger partial charge in [-0.25, -0.2) is 8.42 Å². The zero-order chi connectivity index (χ0) is 13.2. The highest BCUT2D eigenvalue weighted by Gasteiger charge is 2.41. The molecule has 4 nitrogen and oxygen atoms in total. The van der Waals surface area contributed by atoms with Gasteiger partial charge in [0.15, 0.2) is 9.84 Å². The number of hydrogen-bond acceptors (Lipinski definition) is 4. The number of benzene rings is 1. The van der Waals surface area contributed by atoms with Crippen molar-refractivity contribution in [1.29, 1.82) is 0 Å². The summed E-state index contributed by atoms with van der Waals surface area (Å²) in [6, 6.07) is 6.91. The first-order chi connectivity index (χ1) is 8.45. The molecule has 1 fully saturated rings. The molecular weight excluding hydrogens is 248 g/mol. The van der Waals surface area contributed by atoms with Crippen molar-refractivity contribution in [3.8, 4) is 0 Å². The Balaban J connectivity index is 1.95. The molecule has 1 aromatic carbocycles. The highest BCUT2D eigenvalue weighted by molar-refractivity contribution is 7.90. The molecule has 0 amide bonds. The lowest BCUT2D eigenvalue weighted by Gasteiger charge is -2.15. The molecule has 0 spiro atoms. The summed E-state index contributed by atoms with van der Waals surface area (Å²) < 4.78 is 22.6. The lowest BCUT2D eigenvalue weighted by molar-refractivity contribution is 0.501. The van der Waals surface area contributed by atoms with Crippen LogP contribution in [0.2, 0.25) is 0 Å². The standard InChI is InChI=1S/C13H20N2O2S/c1-18(16,17)12-4-2-11(3-5-12)15-10-13(6-7-13)8-9-14/h2-5,15H,6-10,14H2,1H3. The highest BCUT2D eigenvalue weighted by atomic mass is 32.2. The first-order valence-corrected chi connectivity index (χ1v) is 8.08. The van der Waals surface area contributed by atoms with Crippen LogP contribution in [0.25, 0.3) is 0 Å². The molecule has 2 rings (SSSR count). The number of anilines is 1. The van der Waals surface area contributed by atoms with Crippen molar-refractivity contribution >= 4 is 15.5 Å². The molecule has 0 saturated heterocycles. The Bertz CT molecular complexity index is 504. The third-order valence-corrected chi connectivity index (χ3v) is 4.71. The van der Waals surface area contributed by atoms with E-state index in [4.69, 9.17) is 5.73 Å². The van der Waals surface area contributed by atoms with Crippen LogP contribution in [0.15, 0.2) is 29.2 Å². The van der Waals surface area contributed by atoms with Gasteiger partial charge in [-0.2, -0.15) is 0 Å². The van der Waals surface area contributed by atoms with Gasteiger partial charge in [-0.1, -0.05) is 0 Å². The summed E-state index contributed by atoms with van der Waals surface area (Å²) in [6.07, 6.45) is 4.74. The van der Waals surface area contributed by atoms with Crippen LogP contribution in [0, 0.1) is 5.41 Å². The van der Waals surface area contributed by atoms with Gasteiger partial charge in [0.2, 0.25) is 0 Å². The average Bonchev–Trinajstić information content (AvgIpc) is 3.07. The van der Waals surface area contributed by atoms with Gasteiger partial charge < -0.3 is 11.1 Å². The molecule has 1 aromatic rings. The first-order valence-electron chi connectivity index (χ1n) is 6.19. The SMILES string of the molecule is CS(=O)(=O)c1ccc(NCC2(CCN)CC2)cc1. The smallest absolute Gasteiger partial charge is 0.175 e. The quantitative estimate of drug-likeness (QED) is 0.822. The minimum absolute atomic E-state index is 0.358. The molecule has 0 bridgehead atoms. The van der Waals surface area contributed by atoms with Crippen molar-refractivity contribution in [3.63, 3.8) is 0 Å².